The van der Waals surface area contributed by atoms with Crippen molar-refractivity contribution in [2.45, 2.75) is 70.7 Å². The fraction of sp³-hybridized carbons (Fsp3) is 0.692. The van der Waals surface area contributed by atoms with Crippen molar-refractivity contribution in [3.05, 3.63) is 36.2 Å². The number of ether oxygens (including phenoxy) is 2. The van der Waals surface area contributed by atoms with Crippen LogP contribution in [0.1, 0.15) is 47.0 Å². The van der Waals surface area contributed by atoms with Gasteiger partial charge in [-0.25, -0.2) is 4.79 Å². The molecule has 4 aliphatic heterocycles. The highest BCUT2D eigenvalue weighted by Gasteiger charge is 2.46. The highest BCUT2D eigenvalue weighted by molar-refractivity contribution is 5.75. The van der Waals surface area contributed by atoms with Crippen molar-refractivity contribution in [3.8, 4) is 0 Å². The zero-order valence-corrected chi connectivity index (χ0v) is 21.3. The molecule has 188 valence electrons. The van der Waals surface area contributed by atoms with E-state index < -0.39 is 0 Å². The number of amides is 1. The van der Waals surface area contributed by atoms with E-state index in [0.717, 1.165) is 26.1 Å². The Labute approximate surface area is 204 Å². The second-order valence-electron chi connectivity index (χ2n) is 10.1. The average molecular weight is 472 g/mol. The molecule has 0 aromatic rings. The van der Waals surface area contributed by atoms with Gasteiger partial charge in [0.15, 0.2) is 6.10 Å². The lowest BCUT2D eigenvalue weighted by molar-refractivity contribution is -0.105. The van der Waals surface area contributed by atoms with Crippen molar-refractivity contribution < 1.29 is 14.3 Å². The maximum atomic E-state index is 12.4. The molecule has 1 unspecified atom stereocenters. The van der Waals surface area contributed by atoms with Gasteiger partial charge in [-0.15, -0.1) is 6.58 Å². The summed E-state index contributed by atoms with van der Waals surface area (Å²) >= 11 is 0. The molecule has 4 rings (SSSR count). The van der Waals surface area contributed by atoms with Crippen LogP contribution in [0.25, 0.3) is 0 Å². The van der Waals surface area contributed by atoms with Gasteiger partial charge in [0.05, 0.1) is 36.2 Å². The monoisotopic (exact) mass is 471 g/mol. The summed E-state index contributed by atoms with van der Waals surface area (Å²) in [5, 5.41) is 7.02. The minimum Gasteiger partial charge on any atom is -0.441 e. The molecule has 2 atom stereocenters. The number of nitrogens with zero attached hydrogens (tertiary/aromatic N) is 5. The summed E-state index contributed by atoms with van der Waals surface area (Å²) in [6, 6.07) is 0.613. The van der Waals surface area contributed by atoms with E-state index in [2.05, 4.69) is 67.3 Å². The second-order valence-corrected chi connectivity index (χ2v) is 10.1. The van der Waals surface area contributed by atoms with Crippen LogP contribution in [0.2, 0.25) is 0 Å². The predicted octanol–water partition coefficient (Wildman–Crippen LogP) is 3.44. The molecule has 0 spiro atoms. The molecule has 0 bridgehead atoms. The number of allylic oxidation sites excluding steroid dienone is 1. The zero-order chi connectivity index (χ0) is 24.3. The van der Waals surface area contributed by atoms with E-state index >= 15 is 0 Å². The Morgan fingerprint density at radius 2 is 2.06 bits per heavy atom. The summed E-state index contributed by atoms with van der Waals surface area (Å²) in [4.78, 5) is 19.2. The first kappa shape index (κ1) is 24.8. The molecule has 4 heterocycles. The van der Waals surface area contributed by atoms with Gasteiger partial charge in [-0.1, -0.05) is 25.5 Å². The Hall–Kier alpha value is -2.32. The predicted molar refractivity (Wildman–Crippen MR) is 134 cm³/mol. The van der Waals surface area contributed by atoms with Gasteiger partial charge in [-0.2, -0.15) is 5.10 Å². The fourth-order valence-electron chi connectivity index (χ4n) is 5.42. The number of hydrogen-bond acceptors (Lipinski definition) is 7. The topological polar surface area (TPSA) is 60.9 Å². The van der Waals surface area contributed by atoms with Crippen LogP contribution in [-0.4, -0.2) is 102 Å². The van der Waals surface area contributed by atoms with Crippen LogP contribution in [0.4, 0.5) is 4.79 Å². The number of carbonyl (C=O) groups excluding carboxylic acids is 1. The molecule has 8 nitrogen and oxygen atoms in total. The van der Waals surface area contributed by atoms with E-state index in [9.17, 15) is 4.79 Å². The van der Waals surface area contributed by atoms with Gasteiger partial charge >= 0.3 is 6.09 Å². The van der Waals surface area contributed by atoms with Crippen molar-refractivity contribution in [1.82, 2.24) is 19.7 Å². The molecular formula is C26H41N5O3. The molecule has 2 saturated heterocycles. The summed E-state index contributed by atoms with van der Waals surface area (Å²) in [6.45, 7) is 18.3. The summed E-state index contributed by atoms with van der Waals surface area (Å²) in [5.41, 5.74) is 2.16. The van der Waals surface area contributed by atoms with Gasteiger partial charge in [-0.05, 0) is 46.2 Å². The SMILES string of the molecule is C=CC(C)([C@H]1CC=C2C(N3CCN(C(=O)OC4COC4)CC3)=CC=NN21)N(CCCC)C(C)C. The van der Waals surface area contributed by atoms with Crippen LogP contribution >= 0.6 is 0 Å². The molecule has 34 heavy (non-hydrogen) atoms. The number of unbranched alkanes of at least 4 members (excludes halogenated alkanes) is 1. The number of piperazine rings is 1. The number of fused-ring (bicyclic) bond motifs is 1. The van der Waals surface area contributed by atoms with Crippen molar-refractivity contribution >= 4 is 12.3 Å². The molecule has 0 radical (unpaired) electrons. The molecule has 0 aromatic heterocycles. The van der Waals surface area contributed by atoms with Crippen molar-refractivity contribution in [1.29, 1.82) is 0 Å². The lowest BCUT2D eigenvalue weighted by atomic mass is 9.87. The summed E-state index contributed by atoms with van der Waals surface area (Å²) in [6.07, 6.45) is 11.4. The van der Waals surface area contributed by atoms with Crippen LogP contribution in [0.5, 0.6) is 0 Å². The Morgan fingerprint density at radius 1 is 1.32 bits per heavy atom. The normalized spacial score (nSPS) is 24.5. The summed E-state index contributed by atoms with van der Waals surface area (Å²) in [5.74, 6) is 0. The first-order valence-corrected chi connectivity index (χ1v) is 12.8. The molecule has 8 heteroatoms. The fourth-order valence-corrected chi connectivity index (χ4v) is 5.42. The van der Waals surface area contributed by atoms with E-state index in [-0.39, 0.29) is 23.8 Å². The molecule has 2 fully saturated rings. The lowest BCUT2D eigenvalue weighted by Gasteiger charge is -2.49. The van der Waals surface area contributed by atoms with Crippen LogP contribution in [0, 0.1) is 0 Å². The van der Waals surface area contributed by atoms with Crippen LogP contribution in [0.15, 0.2) is 41.3 Å². The maximum Gasteiger partial charge on any atom is 0.410 e. The highest BCUT2D eigenvalue weighted by atomic mass is 16.6. The molecule has 0 N–H and O–H groups in total. The number of rotatable bonds is 9. The Balaban J connectivity index is 1.42. The van der Waals surface area contributed by atoms with Crippen LogP contribution < -0.4 is 0 Å². The van der Waals surface area contributed by atoms with E-state index in [0.29, 0.717) is 32.3 Å². The van der Waals surface area contributed by atoms with Crippen LogP contribution in [0.3, 0.4) is 0 Å². The molecule has 0 saturated carbocycles. The zero-order valence-electron chi connectivity index (χ0n) is 21.3. The van der Waals surface area contributed by atoms with E-state index in [1.165, 1.54) is 24.2 Å². The van der Waals surface area contributed by atoms with E-state index in [4.69, 9.17) is 14.6 Å². The van der Waals surface area contributed by atoms with E-state index in [1.54, 1.807) is 4.90 Å². The van der Waals surface area contributed by atoms with Crippen LogP contribution in [-0.2, 0) is 9.47 Å². The largest absolute Gasteiger partial charge is 0.441 e. The van der Waals surface area contributed by atoms with Crippen molar-refractivity contribution in [2.75, 3.05) is 45.9 Å². The Bertz CT molecular complexity index is 841. The third-order valence-corrected chi connectivity index (χ3v) is 7.60. The van der Waals surface area contributed by atoms with Crippen molar-refractivity contribution in [3.63, 3.8) is 0 Å². The smallest absolute Gasteiger partial charge is 0.410 e. The third kappa shape index (κ3) is 4.75. The molecular weight excluding hydrogens is 430 g/mol. The molecule has 0 aromatic carbocycles. The van der Waals surface area contributed by atoms with Gasteiger partial charge in [0.1, 0.15) is 0 Å². The van der Waals surface area contributed by atoms with Gasteiger partial charge in [0, 0.05) is 38.4 Å². The molecule has 1 amide bonds. The number of hydrogen-bond donors (Lipinski definition) is 0. The molecule has 0 aliphatic carbocycles. The standard InChI is InChI=1S/C26H41N5O3/c1-6-8-13-30(20(3)4)26(5,7-2)24-10-9-23-22(11-12-27-31(23)24)28-14-16-29(17-15-28)25(32)34-21-18-33-19-21/h7,9,11-12,20-21,24H,2,6,8,10,13-19H2,1,3-5H3/t24-,26?/m1/s1. The Kier molecular flexibility index (Phi) is 7.67. The lowest BCUT2D eigenvalue weighted by Crippen LogP contribution is -2.59. The van der Waals surface area contributed by atoms with Gasteiger partial charge in [0.25, 0.3) is 0 Å². The molecule has 4 aliphatic rings. The van der Waals surface area contributed by atoms with Gasteiger partial charge < -0.3 is 19.3 Å². The van der Waals surface area contributed by atoms with Gasteiger partial charge in [-0.3, -0.25) is 9.91 Å². The van der Waals surface area contributed by atoms with Gasteiger partial charge in [0.2, 0.25) is 0 Å². The number of hydrazone groups is 1. The van der Waals surface area contributed by atoms with Crippen molar-refractivity contribution in [2.24, 2.45) is 5.10 Å². The summed E-state index contributed by atoms with van der Waals surface area (Å²) in [7, 11) is 0. The summed E-state index contributed by atoms with van der Waals surface area (Å²) < 4.78 is 10.6. The first-order chi connectivity index (χ1) is 16.4. The quantitative estimate of drug-likeness (QED) is 0.480. The first-order valence-electron chi connectivity index (χ1n) is 12.8. The van der Waals surface area contributed by atoms with E-state index in [1.807, 2.05) is 6.21 Å². The minimum absolute atomic E-state index is 0.0844. The average Bonchev–Trinajstić information content (AvgIpc) is 3.26. The second kappa shape index (κ2) is 10.5. The third-order valence-electron chi connectivity index (χ3n) is 7.60. The number of carbonyl (C=O) groups is 1. The maximum absolute atomic E-state index is 12.4. The Morgan fingerprint density at radius 3 is 2.65 bits per heavy atom. The minimum atomic E-state index is -0.225. The highest BCUT2D eigenvalue weighted by Crippen LogP contribution is 2.40.